The molecule has 1 heterocycles. The molecule has 1 aliphatic rings. The van der Waals surface area contributed by atoms with Crippen molar-refractivity contribution in [2.75, 3.05) is 0 Å². The number of halogens is 1. The van der Waals surface area contributed by atoms with E-state index in [0.717, 1.165) is 24.1 Å². The molecule has 56 valence electrons. The molecule has 1 aromatic heterocycles. The normalized spacial score (nSPS) is 15.2. The highest BCUT2D eigenvalue weighted by Gasteiger charge is 2.15. The fraction of sp³-hybridized carbons (Fsp3) is 0.222. The van der Waals surface area contributed by atoms with Gasteiger partial charge in [0, 0.05) is 0 Å². The first kappa shape index (κ1) is 6.86. The van der Waals surface area contributed by atoms with Gasteiger partial charge in [0.15, 0.2) is 0 Å². The van der Waals surface area contributed by atoms with E-state index in [1.807, 2.05) is 12.1 Å². The highest BCUT2D eigenvalue weighted by atomic mass is 35.5. The zero-order valence-electron chi connectivity index (χ0n) is 6.10. The summed E-state index contributed by atoms with van der Waals surface area (Å²) < 4.78 is 0. The summed E-state index contributed by atoms with van der Waals surface area (Å²) in [6.07, 6.45) is 2.10. The Kier molecular flexibility index (Phi) is 1.46. The van der Waals surface area contributed by atoms with E-state index in [-0.39, 0.29) is 0 Å². The first-order valence-electron chi connectivity index (χ1n) is 3.61. The SMILES string of the molecule is C=C1CCc2ccc(Cl)nc21. The predicted octanol–water partition coefficient (Wildman–Crippen LogP) is 2.69. The van der Waals surface area contributed by atoms with Crippen LogP contribution >= 0.6 is 11.6 Å². The molecule has 0 spiro atoms. The number of aryl methyl sites for hydroxylation is 1. The molecule has 1 aliphatic carbocycles. The minimum absolute atomic E-state index is 0.562. The number of fused-ring (bicyclic) bond motifs is 1. The summed E-state index contributed by atoms with van der Waals surface area (Å²) in [5, 5.41) is 0.562. The summed E-state index contributed by atoms with van der Waals surface area (Å²) >= 11 is 5.74. The molecule has 0 N–H and O–H groups in total. The topological polar surface area (TPSA) is 12.9 Å². The number of hydrogen-bond donors (Lipinski definition) is 0. The van der Waals surface area contributed by atoms with E-state index < -0.39 is 0 Å². The fourth-order valence-corrected chi connectivity index (χ4v) is 1.52. The Balaban J connectivity index is 2.60. The first-order valence-corrected chi connectivity index (χ1v) is 3.99. The molecule has 0 radical (unpaired) electrons. The lowest BCUT2D eigenvalue weighted by Crippen LogP contribution is -1.85. The van der Waals surface area contributed by atoms with Gasteiger partial charge in [-0.25, -0.2) is 4.98 Å². The lowest BCUT2D eigenvalue weighted by molar-refractivity contribution is 1.08. The summed E-state index contributed by atoms with van der Waals surface area (Å²) in [4.78, 5) is 4.20. The Morgan fingerprint density at radius 2 is 2.18 bits per heavy atom. The number of rotatable bonds is 0. The molecule has 0 aliphatic heterocycles. The molecular weight excluding hydrogens is 158 g/mol. The maximum atomic E-state index is 5.74. The molecule has 0 amide bonds. The van der Waals surface area contributed by atoms with Gasteiger partial charge in [-0.1, -0.05) is 24.2 Å². The van der Waals surface area contributed by atoms with Gasteiger partial charge in [-0.3, -0.25) is 0 Å². The van der Waals surface area contributed by atoms with Crippen LogP contribution < -0.4 is 0 Å². The quantitative estimate of drug-likeness (QED) is 0.539. The number of allylic oxidation sites excluding steroid dienone is 1. The number of hydrogen-bond acceptors (Lipinski definition) is 1. The van der Waals surface area contributed by atoms with Crippen molar-refractivity contribution in [3.05, 3.63) is 35.1 Å². The van der Waals surface area contributed by atoms with E-state index in [9.17, 15) is 0 Å². The van der Waals surface area contributed by atoms with Crippen LogP contribution in [0, 0.1) is 0 Å². The second-order valence-corrected chi connectivity index (χ2v) is 3.13. The molecule has 0 fully saturated rings. The molecule has 0 bridgehead atoms. The molecule has 2 rings (SSSR count). The van der Waals surface area contributed by atoms with Gasteiger partial charge in [0.1, 0.15) is 5.15 Å². The standard InChI is InChI=1S/C9H8ClN/c1-6-2-3-7-4-5-8(10)11-9(6)7/h4-5H,1-3H2. The summed E-state index contributed by atoms with van der Waals surface area (Å²) in [7, 11) is 0. The minimum Gasteiger partial charge on any atom is -0.236 e. The third-order valence-electron chi connectivity index (χ3n) is 1.98. The number of nitrogens with zero attached hydrogens (tertiary/aromatic N) is 1. The van der Waals surface area contributed by atoms with Crippen LogP contribution in [0.25, 0.3) is 5.57 Å². The number of pyridine rings is 1. The van der Waals surface area contributed by atoms with E-state index in [0.29, 0.717) is 5.15 Å². The van der Waals surface area contributed by atoms with Crippen LogP contribution in [0.1, 0.15) is 17.7 Å². The first-order chi connectivity index (χ1) is 5.27. The van der Waals surface area contributed by atoms with Crippen molar-refractivity contribution in [2.24, 2.45) is 0 Å². The van der Waals surface area contributed by atoms with Crippen LogP contribution in [0.4, 0.5) is 0 Å². The average Bonchev–Trinajstić information content (AvgIpc) is 2.33. The lowest BCUT2D eigenvalue weighted by Gasteiger charge is -1.97. The van der Waals surface area contributed by atoms with Gasteiger partial charge in [0.05, 0.1) is 5.69 Å². The minimum atomic E-state index is 0.562. The predicted molar refractivity (Wildman–Crippen MR) is 46.6 cm³/mol. The van der Waals surface area contributed by atoms with E-state index in [1.54, 1.807) is 0 Å². The molecule has 11 heavy (non-hydrogen) atoms. The average molecular weight is 166 g/mol. The van der Waals surface area contributed by atoms with Crippen LogP contribution in [-0.4, -0.2) is 4.98 Å². The summed E-state index contributed by atoms with van der Waals surface area (Å²) in [5.41, 5.74) is 3.40. The van der Waals surface area contributed by atoms with Crippen molar-refractivity contribution < 1.29 is 0 Å². The van der Waals surface area contributed by atoms with E-state index in [1.165, 1.54) is 5.56 Å². The molecule has 1 nitrogen and oxygen atoms in total. The second kappa shape index (κ2) is 2.35. The van der Waals surface area contributed by atoms with E-state index in [2.05, 4.69) is 11.6 Å². The summed E-state index contributed by atoms with van der Waals surface area (Å²) in [6, 6.07) is 3.86. The smallest absolute Gasteiger partial charge is 0.129 e. The van der Waals surface area contributed by atoms with Crippen molar-refractivity contribution >= 4 is 17.2 Å². The summed E-state index contributed by atoms with van der Waals surface area (Å²) in [6.45, 7) is 3.92. The Hall–Kier alpha value is -0.820. The molecule has 0 aromatic carbocycles. The third kappa shape index (κ3) is 1.05. The van der Waals surface area contributed by atoms with E-state index in [4.69, 9.17) is 11.6 Å². The van der Waals surface area contributed by atoms with Crippen molar-refractivity contribution in [3.8, 4) is 0 Å². The molecule has 0 saturated heterocycles. The van der Waals surface area contributed by atoms with Crippen LogP contribution in [-0.2, 0) is 6.42 Å². The fourth-order valence-electron chi connectivity index (χ4n) is 1.38. The number of aromatic nitrogens is 1. The Bertz CT molecular complexity index is 317. The lowest BCUT2D eigenvalue weighted by atomic mass is 10.2. The Labute approximate surface area is 70.7 Å². The molecule has 0 unspecified atom stereocenters. The molecule has 1 aromatic rings. The largest absolute Gasteiger partial charge is 0.236 e. The zero-order valence-corrected chi connectivity index (χ0v) is 6.86. The highest BCUT2D eigenvalue weighted by molar-refractivity contribution is 6.29. The van der Waals surface area contributed by atoms with Crippen LogP contribution in [0.3, 0.4) is 0 Å². The van der Waals surface area contributed by atoms with E-state index >= 15 is 0 Å². The van der Waals surface area contributed by atoms with Crippen LogP contribution in [0.15, 0.2) is 18.7 Å². The monoisotopic (exact) mass is 165 g/mol. The van der Waals surface area contributed by atoms with Crippen LogP contribution in [0.2, 0.25) is 5.15 Å². The maximum Gasteiger partial charge on any atom is 0.129 e. The van der Waals surface area contributed by atoms with Crippen molar-refractivity contribution in [1.29, 1.82) is 0 Å². The van der Waals surface area contributed by atoms with Gasteiger partial charge in [-0.2, -0.15) is 0 Å². The van der Waals surface area contributed by atoms with Crippen molar-refractivity contribution in [1.82, 2.24) is 4.98 Å². The Morgan fingerprint density at radius 3 is 3.00 bits per heavy atom. The van der Waals surface area contributed by atoms with Gasteiger partial charge in [0.25, 0.3) is 0 Å². The molecule has 2 heteroatoms. The van der Waals surface area contributed by atoms with Gasteiger partial charge in [0.2, 0.25) is 0 Å². The molecule has 0 atom stereocenters. The maximum absolute atomic E-state index is 5.74. The van der Waals surface area contributed by atoms with Crippen LogP contribution in [0.5, 0.6) is 0 Å². The molecular formula is C9H8ClN. The van der Waals surface area contributed by atoms with Gasteiger partial charge in [-0.05, 0) is 30.0 Å². The highest BCUT2D eigenvalue weighted by Crippen LogP contribution is 2.29. The van der Waals surface area contributed by atoms with Gasteiger partial charge < -0.3 is 0 Å². The van der Waals surface area contributed by atoms with Crippen molar-refractivity contribution in [3.63, 3.8) is 0 Å². The third-order valence-corrected chi connectivity index (χ3v) is 2.19. The van der Waals surface area contributed by atoms with Crippen molar-refractivity contribution in [2.45, 2.75) is 12.8 Å². The summed E-state index contributed by atoms with van der Waals surface area (Å²) in [5.74, 6) is 0. The van der Waals surface area contributed by atoms with Gasteiger partial charge >= 0.3 is 0 Å². The van der Waals surface area contributed by atoms with Gasteiger partial charge in [-0.15, -0.1) is 0 Å². The molecule has 0 saturated carbocycles. The Morgan fingerprint density at radius 1 is 1.36 bits per heavy atom. The second-order valence-electron chi connectivity index (χ2n) is 2.75. The zero-order chi connectivity index (χ0) is 7.84.